The topological polar surface area (TPSA) is 56.4 Å². The summed E-state index contributed by atoms with van der Waals surface area (Å²) in [6, 6.07) is 5.77. The molecule has 0 saturated heterocycles. The normalized spacial score (nSPS) is 13.7. The first-order valence-corrected chi connectivity index (χ1v) is 8.34. The van der Waals surface area contributed by atoms with E-state index in [4.69, 9.17) is 0 Å². The number of carbonyl (C=O) groups is 1. The molecule has 1 aromatic carbocycles. The molecule has 0 fully saturated rings. The fourth-order valence-corrected chi connectivity index (χ4v) is 3.02. The van der Waals surface area contributed by atoms with Gasteiger partial charge < -0.3 is 15.5 Å². The molecule has 0 spiro atoms. The van der Waals surface area contributed by atoms with Gasteiger partial charge in [0.25, 0.3) is 5.91 Å². The molecule has 3 N–H and O–H groups in total. The van der Waals surface area contributed by atoms with Crippen molar-refractivity contribution in [3.8, 4) is 0 Å². The van der Waals surface area contributed by atoms with Gasteiger partial charge in [0.15, 0.2) is 0 Å². The van der Waals surface area contributed by atoms with E-state index in [9.17, 15) is 4.79 Å². The number of rotatable bonds is 7. The summed E-state index contributed by atoms with van der Waals surface area (Å²) in [4.78, 5) is 15.6. The first-order chi connectivity index (χ1) is 10.2. The third kappa shape index (κ3) is 4.62. The third-order valence-electron chi connectivity index (χ3n) is 3.61. The van der Waals surface area contributed by atoms with E-state index < -0.39 is 0 Å². The van der Waals surface area contributed by atoms with E-state index >= 15 is 0 Å². The van der Waals surface area contributed by atoms with Gasteiger partial charge in [0.2, 0.25) is 0 Å². The van der Waals surface area contributed by atoms with Crippen LogP contribution in [0.25, 0.3) is 0 Å². The van der Waals surface area contributed by atoms with Gasteiger partial charge in [0.05, 0.1) is 12.4 Å². The van der Waals surface area contributed by atoms with Gasteiger partial charge in [-0.05, 0) is 56.2 Å². The zero-order valence-electron chi connectivity index (χ0n) is 12.7. The maximum absolute atomic E-state index is 12.1. The van der Waals surface area contributed by atoms with Crippen molar-refractivity contribution in [3.63, 3.8) is 0 Å². The Morgan fingerprint density at radius 1 is 1.38 bits per heavy atom. The van der Waals surface area contributed by atoms with Crippen LogP contribution in [0.5, 0.6) is 0 Å². The van der Waals surface area contributed by atoms with Crippen molar-refractivity contribution < 1.29 is 4.79 Å². The van der Waals surface area contributed by atoms with Gasteiger partial charge in [-0.2, -0.15) is 0 Å². The minimum atomic E-state index is 0.00326. The fraction of sp³-hybridized carbons (Fsp3) is 0.533. The number of benzene rings is 1. The Bertz CT molecular complexity index is 477. The molecule has 0 aliphatic carbocycles. The highest BCUT2D eigenvalue weighted by Gasteiger charge is 2.12. The molecule has 0 bridgehead atoms. The van der Waals surface area contributed by atoms with Gasteiger partial charge in [0.1, 0.15) is 0 Å². The third-order valence-corrected chi connectivity index (χ3v) is 4.45. The fourth-order valence-electron chi connectivity index (χ4n) is 2.29. The highest BCUT2D eigenvalue weighted by molar-refractivity contribution is 7.97. The number of hydrogen-bond acceptors (Lipinski definition) is 5. The molecule has 0 unspecified atom stereocenters. The van der Waals surface area contributed by atoms with Crippen LogP contribution >= 0.6 is 11.9 Å². The van der Waals surface area contributed by atoms with E-state index in [2.05, 4.69) is 34.1 Å². The van der Waals surface area contributed by atoms with Crippen molar-refractivity contribution in [2.24, 2.45) is 0 Å². The maximum atomic E-state index is 12.1. The second-order valence-corrected chi connectivity index (χ2v) is 5.88. The maximum Gasteiger partial charge on any atom is 0.251 e. The van der Waals surface area contributed by atoms with Crippen LogP contribution in [-0.4, -0.2) is 43.7 Å². The van der Waals surface area contributed by atoms with Crippen LogP contribution in [0.3, 0.4) is 0 Å². The van der Waals surface area contributed by atoms with Crippen LogP contribution in [0.4, 0.5) is 5.69 Å². The molecule has 1 amide bonds. The van der Waals surface area contributed by atoms with Gasteiger partial charge in [-0.1, -0.05) is 13.8 Å². The molecular formula is C15H24N4OS. The largest absolute Gasteiger partial charge is 0.371 e. The Morgan fingerprint density at radius 2 is 2.19 bits per heavy atom. The van der Waals surface area contributed by atoms with Crippen LogP contribution in [0, 0.1) is 0 Å². The Balaban J connectivity index is 1.81. The number of fused-ring (bicyclic) bond motifs is 1. The molecule has 1 aliphatic heterocycles. The number of amides is 1. The molecule has 1 aromatic rings. The average molecular weight is 308 g/mol. The first kappa shape index (κ1) is 16.1. The van der Waals surface area contributed by atoms with E-state index in [1.54, 1.807) is 11.9 Å². The van der Waals surface area contributed by atoms with Gasteiger partial charge in [0, 0.05) is 17.0 Å². The SMILES string of the molecule is CCN(CC)CCCNC(=O)c1ccc2c(c1)SNCN2. The zero-order valence-corrected chi connectivity index (χ0v) is 13.6. The number of hydrogen-bond donors (Lipinski definition) is 3. The van der Waals surface area contributed by atoms with Crippen molar-refractivity contribution in [1.29, 1.82) is 0 Å². The summed E-state index contributed by atoms with van der Waals surface area (Å²) in [6.45, 7) is 8.94. The molecule has 5 nitrogen and oxygen atoms in total. The van der Waals surface area contributed by atoms with Crippen molar-refractivity contribution in [2.75, 3.05) is 38.2 Å². The summed E-state index contributed by atoms with van der Waals surface area (Å²) in [7, 11) is 0. The lowest BCUT2D eigenvalue weighted by atomic mass is 10.2. The summed E-state index contributed by atoms with van der Waals surface area (Å²) >= 11 is 1.56. The second kappa shape index (κ2) is 8.26. The van der Waals surface area contributed by atoms with Gasteiger partial charge in [-0.25, -0.2) is 4.72 Å². The molecule has 1 aliphatic rings. The average Bonchev–Trinajstić information content (AvgIpc) is 2.54. The summed E-state index contributed by atoms with van der Waals surface area (Å²) in [5.41, 5.74) is 1.80. The lowest BCUT2D eigenvalue weighted by Crippen LogP contribution is -2.30. The van der Waals surface area contributed by atoms with Gasteiger partial charge in [-0.15, -0.1) is 0 Å². The van der Waals surface area contributed by atoms with Crippen LogP contribution in [0.2, 0.25) is 0 Å². The van der Waals surface area contributed by atoms with Crippen molar-refractivity contribution in [3.05, 3.63) is 23.8 Å². The molecule has 0 atom stereocenters. The van der Waals surface area contributed by atoms with E-state index in [0.717, 1.165) is 55.4 Å². The standard InChI is InChI=1S/C15H24N4OS/c1-3-19(4-2)9-5-8-16-15(20)12-6-7-13-14(10-12)21-18-11-17-13/h6-7,10,17-18H,3-5,8-9,11H2,1-2H3,(H,16,20). The van der Waals surface area contributed by atoms with Crippen LogP contribution in [0.15, 0.2) is 23.1 Å². The molecule has 0 saturated carbocycles. The quantitative estimate of drug-likeness (QED) is 0.532. The summed E-state index contributed by atoms with van der Waals surface area (Å²) in [6.07, 6.45) is 0.982. The van der Waals surface area contributed by atoms with Crippen molar-refractivity contribution >= 4 is 23.5 Å². The molecule has 1 heterocycles. The molecule has 0 aromatic heterocycles. The van der Waals surface area contributed by atoms with Crippen molar-refractivity contribution in [1.82, 2.24) is 14.9 Å². The minimum Gasteiger partial charge on any atom is -0.371 e. The number of nitrogens with one attached hydrogen (secondary N) is 3. The number of nitrogens with zero attached hydrogens (tertiary/aromatic N) is 1. The summed E-state index contributed by atoms with van der Waals surface area (Å²) in [5, 5.41) is 6.23. The summed E-state index contributed by atoms with van der Waals surface area (Å²) in [5.74, 6) is 0.00326. The second-order valence-electron chi connectivity index (χ2n) is 4.95. The molecule has 116 valence electrons. The number of anilines is 1. The Morgan fingerprint density at radius 3 is 2.95 bits per heavy atom. The Hall–Kier alpha value is -1.24. The Kier molecular flexibility index (Phi) is 6.35. The number of carbonyl (C=O) groups excluding carboxylic acids is 1. The van der Waals surface area contributed by atoms with Gasteiger partial charge in [-0.3, -0.25) is 4.79 Å². The minimum absolute atomic E-state index is 0.00326. The first-order valence-electron chi connectivity index (χ1n) is 7.52. The lowest BCUT2D eigenvalue weighted by molar-refractivity contribution is 0.0951. The molecule has 0 radical (unpaired) electrons. The molecule has 21 heavy (non-hydrogen) atoms. The van der Waals surface area contributed by atoms with E-state index in [-0.39, 0.29) is 5.91 Å². The van der Waals surface area contributed by atoms with E-state index in [1.165, 1.54) is 0 Å². The molecule has 2 rings (SSSR count). The highest BCUT2D eigenvalue weighted by Crippen LogP contribution is 2.28. The lowest BCUT2D eigenvalue weighted by Gasteiger charge is -2.19. The van der Waals surface area contributed by atoms with E-state index in [0.29, 0.717) is 0 Å². The van der Waals surface area contributed by atoms with Gasteiger partial charge >= 0.3 is 0 Å². The smallest absolute Gasteiger partial charge is 0.251 e. The Labute approximate surface area is 131 Å². The highest BCUT2D eigenvalue weighted by atomic mass is 32.2. The predicted molar refractivity (Wildman–Crippen MR) is 88.7 cm³/mol. The summed E-state index contributed by atoms with van der Waals surface area (Å²) < 4.78 is 3.15. The van der Waals surface area contributed by atoms with Crippen LogP contribution in [0.1, 0.15) is 30.6 Å². The predicted octanol–water partition coefficient (Wildman–Crippen LogP) is 2.13. The molecule has 6 heteroatoms. The van der Waals surface area contributed by atoms with Crippen LogP contribution in [-0.2, 0) is 0 Å². The molecular weight excluding hydrogens is 284 g/mol. The van der Waals surface area contributed by atoms with E-state index in [1.807, 2.05) is 18.2 Å². The van der Waals surface area contributed by atoms with Crippen molar-refractivity contribution in [2.45, 2.75) is 25.2 Å². The van der Waals surface area contributed by atoms with Crippen LogP contribution < -0.4 is 15.4 Å². The monoisotopic (exact) mass is 308 g/mol. The zero-order chi connectivity index (χ0) is 15.1.